The molecular formula is C13H20N4O2S. The molecule has 2 N–H and O–H groups in total. The predicted molar refractivity (Wildman–Crippen MR) is 76.2 cm³/mol. The van der Waals surface area contributed by atoms with E-state index < -0.39 is 10.0 Å². The summed E-state index contributed by atoms with van der Waals surface area (Å²) >= 11 is 0. The third kappa shape index (κ3) is 3.76. The Morgan fingerprint density at radius 2 is 2.10 bits per heavy atom. The second-order valence-corrected chi connectivity index (χ2v) is 7.23. The van der Waals surface area contributed by atoms with Crippen LogP contribution < -0.4 is 5.73 Å². The van der Waals surface area contributed by atoms with Crippen molar-refractivity contribution in [3.63, 3.8) is 0 Å². The number of sulfonamides is 1. The maximum Gasteiger partial charge on any atom is 0.244 e. The van der Waals surface area contributed by atoms with Gasteiger partial charge in [-0.3, -0.25) is 0 Å². The second kappa shape index (κ2) is 6.31. The van der Waals surface area contributed by atoms with Crippen molar-refractivity contribution in [1.82, 2.24) is 9.29 Å². The van der Waals surface area contributed by atoms with Crippen LogP contribution in [-0.4, -0.2) is 37.3 Å². The summed E-state index contributed by atoms with van der Waals surface area (Å²) in [7, 11) is -3.61. The van der Waals surface area contributed by atoms with Gasteiger partial charge in [-0.05, 0) is 24.1 Å². The van der Waals surface area contributed by atoms with Gasteiger partial charge in [0.2, 0.25) is 10.0 Å². The highest BCUT2D eigenvalue weighted by molar-refractivity contribution is 7.89. The van der Waals surface area contributed by atoms with Crippen molar-refractivity contribution in [2.75, 3.05) is 19.6 Å². The van der Waals surface area contributed by atoms with Crippen LogP contribution >= 0.6 is 0 Å². The Balaban J connectivity index is 3.09. The van der Waals surface area contributed by atoms with Crippen LogP contribution in [0.25, 0.3) is 0 Å². The third-order valence-corrected chi connectivity index (χ3v) is 4.90. The molecule has 0 aliphatic rings. The molecule has 20 heavy (non-hydrogen) atoms. The fraction of sp³-hybridized carbons (Fsp3) is 0.538. The molecular weight excluding hydrogens is 276 g/mol. The van der Waals surface area contributed by atoms with E-state index in [-0.39, 0.29) is 16.0 Å². The Morgan fingerprint density at radius 3 is 2.50 bits per heavy atom. The normalized spacial score (nSPS) is 12.4. The summed E-state index contributed by atoms with van der Waals surface area (Å²) in [6, 6.07) is 4.66. The fourth-order valence-corrected chi connectivity index (χ4v) is 3.24. The molecule has 1 heterocycles. The average molecular weight is 296 g/mol. The summed E-state index contributed by atoms with van der Waals surface area (Å²) in [4.78, 5) is 3.89. The Labute approximate surface area is 120 Å². The molecule has 0 atom stereocenters. The van der Waals surface area contributed by atoms with Crippen molar-refractivity contribution in [2.24, 2.45) is 11.1 Å². The van der Waals surface area contributed by atoms with Gasteiger partial charge in [0.25, 0.3) is 0 Å². The highest BCUT2D eigenvalue weighted by Gasteiger charge is 2.29. The van der Waals surface area contributed by atoms with Gasteiger partial charge < -0.3 is 5.73 Å². The Hall–Kier alpha value is -1.49. The lowest BCUT2D eigenvalue weighted by atomic mass is 9.94. The minimum absolute atomic E-state index is 0.0890. The molecule has 0 saturated heterocycles. The minimum Gasteiger partial charge on any atom is -0.330 e. The van der Waals surface area contributed by atoms with Crippen LogP contribution in [0.1, 0.15) is 26.5 Å². The quantitative estimate of drug-likeness (QED) is 0.842. The standard InChI is InChI=1S/C13H20N4O2S/c1-4-17(10-13(2,3)9-15)20(18,19)12-6-5-11(7-14)16-8-12/h5-6,8H,4,9-10,15H2,1-3H3. The van der Waals surface area contributed by atoms with Crippen LogP contribution in [0.2, 0.25) is 0 Å². The molecule has 0 aliphatic heterocycles. The van der Waals surface area contributed by atoms with Gasteiger partial charge in [-0.2, -0.15) is 9.57 Å². The molecule has 1 rings (SSSR count). The topological polar surface area (TPSA) is 100 Å². The highest BCUT2D eigenvalue weighted by Crippen LogP contribution is 2.21. The number of nitriles is 1. The maximum atomic E-state index is 12.5. The van der Waals surface area contributed by atoms with Gasteiger partial charge in [0, 0.05) is 19.3 Å². The number of aromatic nitrogens is 1. The van der Waals surface area contributed by atoms with E-state index in [2.05, 4.69) is 4.98 Å². The Bertz CT molecular complexity index is 588. The zero-order chi connectivity index (χ0) is 15.4. The molecule has 1 aromatic heterocycles. The summed E-state index contributed by atoms with van der Waals surface area (Å²) < 4.78 is 26.4. The second-order valence-electron chi connectivity index (χ2n) is 5.29. The summed E-state index contributed by atoms with van der Waals surface area (Å²) in [6.45, 7) is 6.70. The lowest BCUT2D eigenvalue weighted by molar-refractivity contribution is 0.273. The predicted octanol–water partition coefficient (Wildman–Crippen LogP) is 0.949. The smallest absolute Gasteiger partial charge is 0.244 e. The number of rotatable bonds is 6. The molecule has 1 aromatic rings. The molecule has 0 aliphatic carbocycles. The lowest BCUT2D eigenvalue weighted by Gasteiger charge is -2.30. The molecule has 6 nitrogen and oxygen atoms in total. The summed E-state index contributed by atoms with van der Waals surface area (Å²) in [6.07, 6.45) is 1.21. The molecule has 0 bridgehead atoms. The van der Waals surface area contributed by atoms with Gasteiger partial charge >= 0.3 is 0 Å². The van der Waals surface area contributed by atoms with Gasteiger partial charge in [0.15, 0.2) is 0 Å². The molecule has 0 unspecified atom stereocenters. The maximum absolute atomic E-state index is 12.5. The zero-order valence-corrected chi connectivity index (χ0v) is 12.8. The fourth-order valence-electron chi connectivity index (χ4n) is 1.66. The van der Waals surface area contributed by atoms with E-state index >= 15 is 0 Å². The van der Waals surface area contributed by atoms with E-state index in [4.69, 9.17) is 11.0 Å². The minimum atomic E-state index is -3.61. The molecule has 0 fully saturated rings. The average Bonchev–Trinajstić information content (AvgIpc) is 2.44. The van der Waals surface area contributed by atoms with Crippen molar-refractivity contribution >= 4 is 10.0 Å². The monoisotopic (exact) mass is 296 g/mol. The van der Waals surface area contributed by atoms with Crippen LogP contribution in [0.3, 0.4) is 0 Å². The molecule has 0 amide bonds. The number of hydrogen-bond acceptors (Lipinski definition) is 5. The molecule has 110 valence electrons. The van der Waals surface area contributed by atoms with Crippen LogP contribution in [0.4, 0.5) is 0 Å². The summed E-state index contributed by atoms with van der Waals surface area (Å²) in [5.74, 6) is 0. The van der Waals surface area contributed by atoms with Crippen molar-refractivity contribution in [2.45, 2.75) is 25.7 Å². The lowest BCUT2D eigenvalue weighted by Crippen LogP contribution is -2.41. The van der Waals surface area contributed by atoms with E-state index in [9.17, 15) is 8.42 Å². The number of hydrogen-bond donors (Lipinski definition) is 1. The first kappa shape index (κ1) is 16.6. The van der Waals surface area contributed by atoms with Gasteiger partial charge in [-0.15, -0.1) is 0 Å². The third-order valence-electron chi connectivity index (χ3n) is 3.00. The number of nitrogens with two attached hydrogens (primary N) is 1. The Morgan fingerprint density at radius 1 is 1.45 bits per heavy atom. The van der Waals surface area contributed by atoms with Gasteiger partial charge in [-0.25, -0.2) is 13.4 Å². The van der Waals surface area contributed by atoms with Crippen molar-refractivity contribution in [3.05, 3.63) is 24.0 Å². The van der Waals surface area contributed by atoms with E-state index in [0.717, 1.165) is 0 Å². The van der Waals surface area contributed by atoms with Gasteiger partial charge in [-0.1, -0.05) is 20.8 Å². The van der Waals surface area contributed by atoms with Gasteiger partial charge in [0.1, 0.15) is 16.7 Å². The van der Waals surface area contributed by atoms with Crippen molar-refractivity contribution in [1.29, 1.82) is 5.26 Å². The van der Waals surface area contributed by atoms with Crippen LogP contribution in [-0.2, 0) is 10.0 Å². The first-order valence-electron chi connectivity index (χ1n) is 6.33. The summed E-state index contributed by atoms with van der Waals surface area (Å²) in [5, 5.41) is 8.69. The Kier molecular flexibility index (Phi) is 5.22. The molecule has 0 saturated carbocycles. The van der Waals surface area contributed by atoms with E-state index in [1.54, 1.807) is 6.92 Å². The first-order valence-corrected chi connectivity index (χ1v) is 7.77. The van der Waals surface area contributed by atoms with E-state index in [1.165, 1.54) is 22.6 Å². The molecule has 7 heteroatoms. The SMILES string of the molecule is CCN(CC(C)(C)CN)S(=O)(=O)c1ccc(C#N)nc1. The molecule has 0 spiro atoms. The van der Waals surface area contributed by atoms with Crippen LogP contribution in [0.5, 0.6) is 0 Å². The van der Waals surface area contributed by atoms with Crippen LogP contribution in [0.15, 0.2) is 23.2 Å². The molecule has 0 radical (unpaired) electrons. The first-order chi connectivity index (χ1) is 9.26. The van der Waals surface area contributed by atoms with E-state index in [0.29, 0.717) is 19.6 Å². The largest absolute Gasteiger partial charge is 0.330 e. The van der Waals surface area contributed by atoms with Crippen LogP contribution in [0, 0.1) is 16.7 Å². The number of pyridine rings is 1. The number of nitrogens with zero attached hydrogens (tertiary/aromatic N) is 3. The van der Waals surface area contributed by atoms with Crippen molar-refractivity contribution in [3.8, 4) is 6.07 Å². The molecule has 0 aromatic carbocycles. The zero-order valence-electron chi connectivity index (χ0n) is 12.0. The van der Waals surface area contributed by atoms with Crippen molar-refractivity contribution < 1.29 is 8.42 Å². The highest BCUT2D eigenvalue weighted by atomic mass is 32.2. The van der Waals surface area contributed by atoms with Gasteiger partial charge in [0.05, 0.1) is 0 Å². The van der Waals surface area contributed by atoms with E-state index in [1.807, 2.05) is 19.9 Å². The summed E-state index contributed by atoms with van der Waals surface area (Å²) in [5.41, 5.74) is 5.55.